The normalized spacial score (nSPS) is 26.9. The highest BCUT2D eigenvalue weighted by molar-refractivity contribution is 5.23. The van der Waals surface area contributed by atoms with Crippen LogP contribution in [0.4, 0.5) is 0 Å². The van der Waals surface area contributed by atoms with Gasteiger partial charge in [-0.25, -0.2) is 0 Å². The Morgan fingerprint density at radius 3 is 2.93 bits per heavy atom. The van der Waals surface area contributed by atoms with E-state index in [1.54, 1.807) is 0 Å². The molecule has 1 aliphatic rings. The summed E-state index contributed by atoms with van der Waals surface area (Å²) < 4.78 is 0. The van der Waals surface area contributed by atoms with Gasteiger partial charge in [0.05, 0.1) is 6.17 Å². The second-order valence-corrected chi connectivity index (χ2v) is 4.31. The first-order valence-electron chi connectivity index (χ1n) is 5.66. The molecule has 0 radical (unpaired) electrons. The average molecular weight is 197 g/mol. The molecule has 0 aliphatic carbocycles. The van der Waals surface area contributed by atoms with Crippen LogP contribution in [-0.2, 0) is 0 Å². The Hall–Kier alpha value is -0.410. The van der Waals surface area contributed by atoms with Crippen molar-refractivity contribution in [3.63, 3.8) is 0 Å². The lowest BCUT2D eigenvalue weighted by atomic mass is 9.97. The predicted molar refractivity (Wildman–Crippen MR) is 61.6 cm³/mol. The van der Waals surface area contributed by atoms with E-state index in [1.807, 2.05) is 0 Å². The van der Waals surface area contributed by atoms with E-state index in [9.17, 15) is 0 Å². The van der Waals surface area contributed by atoms with Gasteiger partial charge in [0.2, 0.25) is 0 Å². The fourth-order valence-electron chi connectivity index (χ4n) is 2.16. The van der Waals surface area contributed by atoms with Crippen molar-refractivity contribution in [2.45, 2.75) is 38.8 Å². The van der Waals surface area contributed by atoms with E-state index in [0.29, 0.717) is 0 Å². The van der Waals surface area contributed by atoms with Gasteiger partial charge in [0.1, 0.15) is 0 Å². The molecule has 3 nitrogen and oxygen atoms in total. The smallest absolute Gasteiger partial charge is 0.0542 e. The van der Waals surface area contributed by atoms with Gasteiger partial charge < -0.3 is 10.7 Å². The Morgan fingerprint density at radius 1 is 1.50 bits per heavy atom. The molecule has 1 rings (SSSR count). The summed E-state index contributed by atoms with van der Waals surface area (Å²) >= 11 is 0. The van der Waals surface area contributed by atoms with E-state index in [0.717, 1.165) is 25.6 Å². The Kier molecular flexibility index (Phi) is 5.12. The summed E-state index contributed by atoms with van der Waals surface area (Å²) in [5, 5.41) is 0. The van der Waals surface area contributed by atoms with Crippen molar-refractivity contribution < 1.29 is 0 Å². The summed E-state index contributed by atoms with van der Waals surface area (Å²) in [6, 6.07) is 0. The Morgan fingerprint density at radius 2 is 2.29 bits per heavy atom. The third kappa shape index (κ3) is 3.76. The molecular formula is C11H23N3. The molecule has 3 heteroatoms. The highest BCUT2D eigenvalue weighted by Gasteiger charge is 2.18. The van der Waals surface area contributed by atoms with Gasteiger partial charge >= 0.3 is 0 Å². The van der Waals surface area contributed by atoms with Crippen molar-refractivity contribution in [2.75, 3.05) is 19.6 Å². The molecule has 14 heavy (non-hydrogen) atoms. The van der Waals surface area contributed by atoms with Crippen molar-refractivity contribution in [3.8, 4) is 0 Å². The maximum absolute atomic E-state index is 5.88. The highest BCUT2D eigenvalue weighted by atomic mass is 15.2. The molecule has 0 aromatic carbocycles. The fraction of sp³-hybridized carbons (Fsp3) is 0.909. The van der Waals surface area contributed by atoms with Gasteiger partial charge in [-0.1, -0.05) is 0 Å². The minimum Gasteiger partial charge on any atom is -0.316 e. The zero-order chi connectivity index (χ0) is 10.4. The van der Waals surface area contributed by atoms with Crippen molar-refractivity contribution in [1.82, 2.24) is 4.90 Å². The third-order valence-electron chi connectivity index (χ3n) is 3.15. The van der Waals surface area contributed by atoms with Crippen molar-refractivity contribution in [1.29, 1.82) is 0 Å². The zero-order valence-corrected chi connectivity index (χ0v) is 9.28. The summed E-state index contributed by atoms with van der Waals surface area (Å²) in [4.78, 5) is 6.30. The molecule has 2 atom stereocenters. The number of hydrogen-bond donors (Lipinski definition) is 1. The number of likely N-dealkylation sites (tertiary alicyclic amines) is 1. The van der Waals surface area contributed by atoms with Gasteiger partial charge in [-0.05, 0) is 58.3 Å². The quantitative estimate of drug-likeness (QED) is 0.694. The van der Waals surface area contributed by atoms with E-state index >= 15 is 0 Å². The first kappa shape index (κ1) is 11.7. The van der Waals surface area contributed by atoms with Crippen LogP contribution in [0.3, 0.4) is 0 Å². The first-order chi connectivity index (χ1) is 6.74. The van der Waals surface area contributed by atoms with Crippen LogP contribution in [0.15, 0.2) is 4.99 Å². The molecule has 0 amide bonds. The Labute approximate surface area is 87.4 Å². The monoisotopic (exact) mass is 197 g/mol. The molecule has 0 aromatic rings. The molecule has 1 saturated heterocycles. The van der Waals surface area contributed by atoms with Crippen LogP contribution in [-0.4, -0.2) is 37.4 Å². The van der Waals surface area contributed by atoms with Crippen molar-refractivity contribution in [3.05, 3.63) is 0 Å². The largest absolute Gasteiger partial charge is 0.316 e. The van der Waals surface area contributed by atoms with Gasteiger partial charge in [-0.2, -0.15) is 0 Å². The summed E-state index contributed by atoms with van der Waals surface area (Å²) in [6.45, 7) is 8.84. The van der Waals surface area contributed by atoms with Gasteiger partial charge in [0.15, 0.2) is 0 Å². The first-order valence-corrected chi connectivity index (χ1v) is 5.66. The minimum atomic E-state index is 0.214. The van der Waals surface area contributed by atoms with Gasteiger partial charge in [0, 0.05) is 6.54 Å². The van der Waals surface area contributed by atoms with Crippen LogP contribution in [0.25, 0.3) is 0 Å². The van der Waals surface area contributed by atoms with Gasteiger partial charge in [0.25, 0.3) is 0 Å². The molecular weight excluding hydrogens is 174 g/mol. The molecule has 2 unspecified atom stereocenters. The number of nitrogens with zero attached hydrogens (tertiary/aromatic N) is 2. The summed E-state index contributed by atoms with van der Waals surface area (Å²) in [7, 11) is 0. The van der Waals surface area contributed by atoms with Crippen LogP contribution in [0.1, 0.15) is 32.6 Å². The standard InChI is InChI=1S/C11H23N3/c1-10(12)14-8-3-4-11(6-9-14)5-7-13-2/h10-11H,2-9,12H2,1H3. The van der Waals surface area contributed by atoms with E-state index in [1.165, 1.54) is 25.7 Å². The Bertz CT molecular complexity index is 168. The zero-order valence-electron chi connectivity index (χ0n) is 9.28. The molecule has 0 spiro atoms. The molecule has 82 valence electrons. The average Bonchev–Trinajstić information content (AvgIpc) is 2.39. The maximum atomic E-state index is 5.88. The molecule has 1 aliphatic heterocycles. The molecule has 0 bridgehead atoms. The molecule has 1 fully saturated rings. The van der Waals surface area contributed by atoms with E-state index in [2.05, 4.69) is 23.5 Å². The predicted octanol–water partition coefficient (Wildman–Crippen LogP) is 1.48. The van der Waals surface area contributed by atoms with Crippen LogP contribution < -0.4 is 5.73 Å². The number of aliphatic imine (C=N–C) groups is 1. The van der Waals surface area contributed by atoms with Crippen LogP contribution in [0, 0.1) is 5.92 Å². The van der Waals surface area contributed by atoms with E-state index in [-0.39, 0.29) is 6.17 Å². The summed E-state index contributed by atoms with van der Waals surface area (Å²) in [6.07, 6.45) is 5.31. The van der Waals surface area contributed by atoms with Gasteiger partial charge in [-0.15, -0.1) is 0 Å². The lowest BCUT2D eigenvalue weighted by Gasteiger charge is -2.24. The van der Waals surface area contributed by atoms with Crippen LogP contribution >= 0.6 is 0 Å². The molecule has 0 saturated carbocycles. The minimum absolute atomic E-state index is 0.214. The summed E-state index contributed by atoms with van der Waals surface area (Å²) in [5.74, 6) is 0.837. The lowest BCUT2D eigenvalue weighted by Crippen LogP contribution is -2.40. The fourth-order valence-corrected chi connectivity index (χ4v) is 2.16. The van der Waals surface area contributed by atoms with Crippen LogP contribution in [0.5, 0.6) is 0 Å². The molecule has 2 N–H and O–H groups in total. The molecule has 1 heterocycles. The van der Waals surface area contributed by atoms with Crippen molar-refractivity contribution in [2.24, 2.45) is 16.6 Å². The second-order valence-electron chi connectivity index (χ2n) is 4.31. The van der Waals surface area contributed by atoms with Gasteiger partial charge in [-0.3, -0.25) is 4.90 Å². The maximum Gasteiger partial charge on any atom is 0.0542 e. The van der Waals surface area contributed by atoms with E-state index in [4.69, 9.17) is 5.73 Å². The topological polar surface area (TPSA) is 41.6 Å². The Balaban J connectivity index is 2.29. The third-order valence-corrected chi connectivity index (χ3v) is 3.15. The number of hydrogen-bond acceptors (Lipinski definition) is 3. The molecule has 0 aromatic heterocycles. The number of rotatable bonds is 4. The van der Waals surface area contributed by atoms with E-state index < -0.39 is 0 Å². The van der Waals surface area contributed by atoms with Crippen LogP contribution in [0.2, 0.25) is 0 Å². The SMILES string of the molecule is C=NCCC1CCCN(C(C)N)CC1. The number of nitrogens with two attached hydrogens (primary N) is 1. The highest BCUT2D eigenvalue weighted by Crippen LogP contribution is 2.20. The summed E-state index contributed by atoms with van der Waals surface area (Å²) in [5.41, 5.74) is 5.88. The van der Waals surface area contributed by atoms with Crippen molar-refractivity contribution >= 4 is 6.72 Å². The lowest BCUT2D eigenvalue weighted by molar-refractivity contribution is 0.218. The second kappa shape index (κ2) is 6.14.